The lowest BCUT2D eigenvalue weighted by Gasteiger charge is -2.09. The second-order valence-electron chi connectivity index (χ2n) is 6.23. The van der Waals surface area contributed by atoms with Crippen LogP contribution in [0.4, 0.5) is 22.9 Å². The minimum Gasteiger partial charge on any atom is -0.340 e. The summed E-state index contributed by atoms with van der Waals surface area (Å²) in [5.41, 5.74) is 3.54. The van der Waals surface area contributed by atoms with Crippen molar-refractivity contribution in [2.45, 2.75) is 13.8 Å². The van der Waals surface area contributed by atoms with Crippen LogP contribution in [-0.4, -0.2) is 16.8 Å². The molecule has 3 aromatic rings. The fourth-order valence-corrected chi connectivity index (χ4v) is 2.64. The van der Waals surface area contributed by atoms with Crippen LogP contribution in [0.1, 0.15) is 22.8 Å². The summed E-state index contributed by atoms with van der Waals surface area (Å²) in [5.74, 6) is 0.213. The maximum atomic E-state index is 12.4. The Bertz CT molecular complexity index is 1000. The van der Waals surface area contributed by atoms with Crippen LogP contribution in [0.2, 0.25) is 5.02 Å². The van der Waals surface area contributed by atoms with E-state index in [4.69, 9.17) is 11.6 Å². The molecule has 0 fully saturated rings. The fourth-order valence-electron chi connectivity index (χ4n) is 2.46. The van der Waals surface area contributed by atoms with Gasteiger partial charge in [-0.2, -0.15) is 0 Å². The Morgan fingerprint density at radius 3 is 2.18 bits per heavy atom. The van der Waals surface area contributed by atoms with Crippen molar-refractivity contribution in [1.29, 1.82) is 0 Å². The van der Waals surface area contributed by atoms with Gasteiger partial charge < -0.3 is 16.0 Å². The predicted molar refractivity (Wildman–Crippen MR) is 112 cm³/mol. The van der Waals surface area contributed by atoms with E-state index in [1.54, 1.807) is 36.4 Å². The van der Waals surface area contributed by atoms with Crippen molar-refractivity contribution in [3.63, 3.8) is 0 Å². The summed E-state index contributed by atoms with van der Waals surface area (Å²) in [6.07, 6.45) is 1.50. The van der Waals surface area contributed by atoms with Gasteiger partial charge in [0.1, 0.15) is 5.82 Å². The van der Waals surface area contributed by atoms with Crippen LogP contribution in [0.25, 0.3) is 0 Å². The average Bonchev–Trinajstić information content (AvgIpc) is 2.66. The molecule has 1 heterocycles. The molecule has 6 nitrogen and oxygen atoms in total. The van der Waals surface area contributed by atoms with E-state index in [1.165, 1.54) is 13.1 Å². The molecule has 2 aromatic carbocycles. The van der Waals surface area contributed by atoms with Crippen LogP contribution >= 0.6 is 11.6 Å². The Morgan fingerprint density at radius 1 is 0.893 bits per heavy atom. The van der Waals surface area contributed by atoms with Gasteiger partial charge in [0.15, 0.2) is 0 Å². The van der Waals surface area contributed by atoms with Crippen LogP contribution in [0.15, 0.2) is 60.8 Å². The number of rotatable bonds is 5. The van der Waals surface area contributed by atoms with Crippen LogP contribution < -0.4 is 16.0 Å². The van der Waals surface area contributed by atoms with Gasteiger partial charge in [0.2, 0.25) is 5.91 Å². The number of benzene rings is 2. The second-order valence-corrected chi connectivity index (χ2v) is 6.64. The third-order valence-electron chi connectivity index (χ3n) is 3.93. The number of nitrogens with one attached hydrogen (secondary N) is 3. The molecule has 1 aromatic heterocycles. The molecule has 0 bridgehead atoms. The van der Waals surface area contributed by atoms with E-state index in [0.29, 0.717) is 27.8 Å². The molecule has 7 heteroatoms. The lowest BCUT2D eigenvalue weighted by molar-refractivity contribution is -0.114. The monoisotopic (exact) mass is 394 g/mol. The van der Waals surface area contributed by atoms with Crippen LogP contribution in [0, 0.1) is 6.92 Å². The summed E-state index contributed by atoms with van der Waals surface area (Å²) in [5, 5.41) is 9.24. The molecule has 3 N–H and O–H groups in total. The van der Waals surface area contributed by atoms with Gasteiger partial charge in [-0.1, -0.05) is 17.7 Å². The molecule has 0 unspecified atom stereocenters. The highest BCUT2D eigenvalue weighted by Gasteiger charge is 2.08. The number of anilines is 4. The number of carbonyl (C=O) groups is 2. The highest BCUT2D eigenvalue weighted by Crippen LogP contribution is 2.21. The Morgan fingerprint density at radius 2 is 1.57 bits per heavy atom. The van der Waals surface area contributed by atoms with Gasteiger partial charge in [-0.15, -0.1) is 0 Å². The topological polar surface area (TPSA) is 83.1 Å². The molecule has 3 rings (SSSR count). The maximum Gasteiger partial charge on any atom is 0.257 e. The highest BCUT2D eigenvalue weighted by molar-refractivity contribution is 6.31. The summed E-state index contributed by atoms with van der Waals surface area (Å²) in [4.78, 5) is 27.7. The number of aryl methyl sites for hydroxylation is 1. The number of amides is 2. The minimum atomic E-state index is -0.265. The van der Waals surface area contributed by atoms with Crippen molar-refractivity contribution in [3.05, 3.63) is 76.9 Å². The van der Waals surface area contributed by atoms with Gasteiger partial charge in [0, 0.05) is 35.2 Å². The summed E-state index contributed by atoms with van der Waals surface area (Å²) in [6, 6.07) is 16.0. The molecule has 28 heavy (non-hydrogen) atoms. The molecule has 0 saturated heterocycles. The molecule has 0 spiro atoms. The number of hydrogen-bond acceptors (Lipinski definition) is 4. The molecule has 142 valence electrons. The molecule has 0 saturated carbocycles. The van der Waals surface area contributed by atoms with Gasteiger partial charge >= 0.3 is 0 Å². The van der Waals surface area contributed by atoms with E-state index >= 15 is 0 Å². The third-order valence-corrected chi connectivity index (χ3v) is 4.34. The summed E-state index contributed by atoms with van der Waals surface area (Å²) >= 11 is 6.08. The molecule has 0 radical (unpaired) electrons. The summed E-state index contributed by atoms with van der Waals surface area (Å²) < 4.78 is 0. The molecule has 0 atom stereocenters. The molecule has 0 aliphatic heterocycles. The highest BCUT2D eigenvalue weighted by atomic mass is 35.5. The Balaban J connectivity index is 1.63. The number of nitrogens with zero attached hydrogens (tertiary/aromatic N) is 1. The quantitative estimate of drug-likeness (QED) is 0.568. The molecular formula is C21H19ClN4O2. The first-order chi connectivity index (χ1) is 13.4. The molecule has 0 aliphatic rings. The number of hydrogen-bond donors (Lipinski definition) is 3. The molecule has 0 aliphatic carbocycles. The largest absolute Gasteiger partial charge is 0.340 e. The van der Waals surface area contributed by atoms with E-state index in [9.17, 15) is 9.59 Å². The Labute approximate surface area is 168 Å². The second kappa shape index (κ2) is 8.54. The van der Waals surface area contributed by atoms with Gasteiger partial charge in [0.05, 0.1) is 5.56 Å². The van der Waals surface area contributed by atoms with Gasteiger partial charge in [-0.25, -0.2) is 4.98 Å². The molecular weight excluding hydrogens is 376 g/mol. The molecule has 2 amide bonds. The zero-order valence-electron chi connectivity index (χ0n) is 15.4. The van der Waals surface area contributed by atoms with Crippen molar-refractivity contribution in [2.24, 2.45) is 0 Å². The maximum absolute atomic E-state index is 12.4. The SMILES string of the molecule is CC(=O)Nc1ccc(Nc2ccc(C(=O)Nc3ccc(C)c(Cl)c3)cn2)cc1. The third kappa shape index (κ3) is 5.08. The number of pyridine rings is 1. The van der Waals surface area contributed by atoms with E-state index in [0.717, 1.165) is 11.3 Å². The first-order valence-corrected chi connectivity index (χ1v) is 8.97. The van der Waals surface area contributed by atoms with E-state index in [2.05, 4.69) is 20.9 Å². The first-order valence-electron chi connectivity index (χ1n) is 8.59. The van der Waals surface area contributed by atoms with Crippen LogP contribution in [0.5, 0.6) is 0 Å². The Hall–Kier alpha value is -3.38. The Kier molecular flexibility index (Phi) is 5.91. The van der Waals surface area contributed by atoms with Crippen LogP contribution in [-0.2, 0) is 4.79 Å². The van der Waals surface area contributed by atoms with Gasteiger partial charge in [0.25, 0.3) is 5.91 Å². The smallest absolute Gasteiger partial charge is 0.257 e. The van der Waals surface area contributed by atoms with E-state index < -0.39 is 0 Å². The van der Waals surface area contributed by atoms with Gasteiger partial charge in [-0.3, -0.25) is 9.59 Å². The number of aromatic nitrogens is 1. The zero-order chi connectivity index (χ0) is 20.1. The van der Waals surface area contributed by atoms with E-state index in [1.807, 2.05) is 25.1 Å². The minimum absolute atomic E-state index is 0.121. The van der Waals surface area contributed by atoms with Crippen molar-refractivity contribution >= 4 is 46.3 Å². The van der Waals surface area contributed by atoms with Crippen molar-refractivity contribution in [2.75, 3.05) is 16.0 Å². The van der Waals surface area contributed by atoms with Crippen molar-refractivity contribution < 1.29 is 9.59 Å². The fraction of sp³-hybridized carbons (Fsp3) is 0.0952. The summed E-state index contributed by atoms with van der Waals surface area (Å²) in [7, 11) is 0. The summed E-state index contributed by atoms with van der Waals surface area (Å²) in [6.45, 7) is 3.36. The lowest BCUT2D eigenvalue weighted by atomic mass is 10.2. The normalized spacial score (nSPS) is 10.2. The van der Waals surface area contributed by atoms with Crippen molar-refractivity contribution in [1.82, 2.24) is 4.98 Å². The lowest BCUT2D eigenvalue weighted by Crippen LogP contribution is -2.12. The van der Waals surface area contributed by atoms with Crippen LogP contribution in [0.3, 0.4) is 0 Å². The van der Waals surface area contributed by atoms with Gasteiger partial charge in [-0.05, 0) is 61.0 Å². The standard InChI is InChI=1S/C21H19ClN4O2/c1-13-3-5-18(11-19(13)22)26-21(28)15-4-10-20(23-12-15)25-17-8-6-16(7-9-17)24-14(2)27/h3-12H,1-2H3,(H,23,25)(H,24,27)(H,26,28). The van der Waals surface area contributed by atoms with Crippen molar-refractivity contribution in [3.8, 4) is 0 Å². The van der Waals surface area contributed by atoms with E-state index in [-0.39, 0.29) is 11.8 Å². The average molecular weight is 395 g/mol. The predicted octanol–water partition coefficient (Wildman–Crippen LogP) is 5.00. The number of carbonyl (C=O) groups excluding carboxylic acids is 2. The number of halogens is 1. The zero-order valence-corrected chi connectivity index (χ0v) is 16.2. The first kappa shape index (κ1) is 19.4.